The van der Waals surface area contributed by atoms with E-state index in [0.717, 1.165) is 78.5 Å². The molecule has 2 aliphatic carbocycles. The molecule has 0 aliphatic heterocycles. The van der Waals surface area contributed by atoms with Crippen LogP contribution in [-0.2, 0) is 41.8 Å². The van der Waals surface area contributed by atoms with Gasteiger partial charge in [-0.05, 0) is 110 Å². The first kappa shape index (κ1) is 35.0. The Labute approximate surface area is 295 Å². The normalized spacial score (nSPS) is 13.7. The Balaban J connectivity index is 1.12. The molecule has 260 valence electrons. The largest absolute Gasteiger partial charge is 0.478 e. The van der Waals surface area contributed by atoms with E-state index in [1.165, 1.54) is 11.3 Å². The summed E-state index contributed by atoms with van der Waals surface area (Å²) in [7, 11) is 0. The molecule has 6 rings (SSSR count). The summed E-state index contributed by atoms with van der Waals surface area (Å²) in [4.78, 5) is 54.2. The number of amides is 3. The number of aliphatic hydroxyl groups excluding tert-OH is 1. The predicted octanol–water partition coefficient (Wildman–Crippen LogP) is 6.11. The average molecular weight is 696 g/mol. The summed E-state index contributed by atoms with van der Waals surface area (Å²) in [5, 5.41) is 24.7. The number of ether oxygens (including phenoxy) is 1. The topological polar surface area (TPSA) is 145 Å². The van der Waals surface area contributed by atoms with Crippen molar-refractivity contribution >= 4 is 45.7 Å². The number of rotatable bonds is 15. The predicted molar refractivity (Wildman–Crippen MR) is 192 cm³/mol. The van der Waals surface area contributed by atoms with Crippen LogP contribution in [-0.4, -0.2) is 64.7 Å². The maximum absolute atomic E-state index is 13.8. The number of hydrogen-bond acceptors (Lipinski definition) is 7. The van der Waals surface area contributed by atoms with Crippen LogP contribution in [0, 0.1) is 0 Å². The highest BCUT2D eigenvalue weighted by Gasteiger charge is 2.33. The van der Waals surface area contributed by atoms with Crippen LogP contribution in [0.3, 0.4) is 0 Å². The van der Waals surface area contributed by atoms with E-state index in [4.69, 9.17) is 14.9 Å². The molecule has 1 aromatic heterocycles. The SMILES string of the molecule is O=C(O)c1ccc(CCc2ccc(NC(=O)c3c(NC(=O)c4cccc(CN(C(=O)COCCO)C5CC5)c4)sc4c3CCCC4)cc2)cc1. The highest BCUT2D eigenvalue weighted by atomic mass is 32.1. The number of carboxylic acids is 1. The van der Waals surface area contributed by atoms with Crippen LogP contribution in [0.2, 0.25) is 0 Å². The fourth-order valence-corrected chi connectivity index (χ4v) is 7.52. The maximum atomic E-state index is 13.8. The van der Waals surface area contributed by atoms with Crippen molar-refractivity contribution < 1.29 is 34.1 Å². The van der Waals surface area contributed by atoms with Gasteiger partial charge in [0.25, 0.3) is 11.8 Å². The molecule has 0 bridgehead atoms. The van der Waals surface area contributed by atoms with Crippen molar-refractivity contribution in [2.45, 2.75) is 64.0 Å². The summed E-state index contributed by atoms with van der Waals surface area (Å²) >= 11 is 1.46. The van der Waals surface area contributed by atoms with Gasteiger partial charge in [0.2, 0.25) is 5.91 Å². The first-order chi connectivity index (χ1) is 24.3. The Kier molecular flexibility index (Phi) is 11.4. The number of aliphatic hydroxyl groups is 1. The third-order valence-electron chi connectivity index (χ3n) is 9.05. The number of aromatic carboxylic acids is 1. The highest BCUT2D eigenvalue weighted by molar-refractivity contribution is 7.17. The minimum Gasteiger partial charge on any atom is -0.478 e. The molecular weight excluding hydrogens is 655 g/mol. The van der Waals surface area contributed by atoms with Crippen molar-refractivity contribution in [2.24, 2.45) is 0 Å². The summed E-state index contributed by atoms with van der Waals surface area (Å²) in [5.41, 5.74) is 5.82. The molecular formula is C39H41N3O7S. The summed E-state index contributed by atoms with van der Waals surface area (Å²) < 4.78 is 5.26. The quantitative estimate of drug-likeness (QED) is 0.110. The number of carboxylic acid groups (broad SMARTS) is 1. The van der Waals surface area contributed by atoms with Crippen molar-refractivity contribution in [3.8, 4) is 0 Å². The number of thiophene rings is 1. The van der Waals surface area contributed by atoms with E-state index in [0.29, 0.717) is 28.4 Å². The van der Waals surface area contributed by atoms with E-state index in [9.17, 15) is 19.2 Å². The van der Waals surface area contributed by atoms with Gasteiger partial charge in [-0.1, -0.05) is 36.4 Å². The van der Waals surface area contributed by atoms with Crippen molar-refractivity contribution in [1.29, 1.82) is 0 Å². The second kappa shape index (κ2) is 16.2. The average Bonchev–Trinajstić information content (AvgIpc) is 3.90. The lowest BCUT2D eigenvalue weighted by Gasteiger charge is -2.22. The summed E-state index contributed by atoms with van der Waals surface area (Å²) in [6.45, 7) is 0.219. The molecule has 0 radical (unpaired) electrons. The molecule has 50 heavy (non-hydrogen) atoms. The van der Waals surface area contributed by atoms with Gasteiger partial charge in [-0.2, -0.15) is 0 Å². The van der Waals surface area contributed by atoms with E-state index in [2.05, 4.69) is 10.6 Å². The minimum atomic E-state index is -0.943. The number of nitrogens with zero attached hydrogens (tertiary/aromatic N) is 1. The molecule has 4 N–H and O–H groups in total. The Morgan fingerprint density at radius 1 is 0.820 bits per heavy atom. The number of hydrogen-bond donors (Lipinski definition) is 4. The van der Waals surface area contributed by atoms with E-state index < -0.39 is 5.97 Å². The highest BCUT2D eigenvalue weighted by Crippen LogP contribution is 2.39. The zero-order chi connectivity index (χ0) is 35.0. The Morgan fingerprint density at radius 3 is 2.20 bits per heavy atom. The zero-order valence-corrected chi connectivity index (χ0v) is 28.6. The van der Waals surface area contributed by atoms with Crippen molar-refractivity contribution in [2.75, 3.05) is 30.5 Å². The molecule has 4 aromatic rings. The number of carbonyl (C=O) groups excluding carboxylic acids is 3. The number of benzene rings is 3. The van der Waals surface area contributed by atoms with E-state index in [-0.39, 0.29) is 49.1 Å². The van der Waals surface area contributed by atoms with Crippen molar-refractivity contribution in [1.82, 2.24) is 4.90 Å². The summed E-state index contributed by atoms with van der Waals surface area (Å²) in [6.07, 6.45) is 7.05. The van der Waals surface area contributed by atoms with Crippen LogP contribution in [0.4, 0.5) is 10.7 Å². The van der Waals surface area contributed by atoms with Gasteiger partial charge >= 0.3 is 5.97 Å². The van der Waals surface area contributed by atoms with Gasteiger partial charge in [0.05, 0.1) is 24.3 Å². The van der Waals surface area contributed by atoms with Crippen LogP contribution in [0.15, 0.2) is 72.8 Å². The third-order valence-corrected chi connectivity index (χ3v) is 10.3. The number of fused-ring (bicyclic) bond motifs is 1. The molecule has 1 saturated carbocycles. The number of anilines is 2. The lowest BCUT2D eigenvalue weighted by Crippen LogP contribution is -2.35. The van der Waals surface area contributed by atoms with Crippen LogP contribution < -0.4 is 10.6 Å². The first-order valence-electron chi connectivity index (χ1n) is 17.0. The molecule has 1 fully saturated rings. The molecule has 1 heterocycles. The standard InChI is InChI=1S/C39H41N3O7S/c43-20-21-49-24-34(44)42(31-18-19-31)23-27-4-3-5-29(22-27)36(45)41-38-35(32-6-1-2-7-33(32)50-38)37(46)40-30-16-12-26(13-17-30)9-8-25-10-14-28(15-11-25)39(47)48/h3-5,10-17,22,31,43H,1-2,6-9,18-21,23-24H2,(H,40,46)(H,41,45)(H,47,48). The van der Waals surface area contributed by atoms with Gasteiger partial charge in [0, 0.05) is 28.7 Å². The van der Waals surface area contributed by atoms with Gasteiger partial charge in [-0.25, -0.2) is 4.79 Å². The fourth-order valence-electron chi connectivity index (χ4n) is 6.24. The summed E-state index contributed by atoms with van der Waals surface area (Å²) in [6, 6.07) is 21.9. The van der Waals surface area contributed by atoms with Crippen LogP contribution in [0.5, 0.6) is 0 Å². The zero-order valence-electron chi connectivity index (χ0n) is 27.8. The molecule has 10 nitrogen and oxygen atoms in total. The first-order valence-corrected chi connectivity index (χ1v) is 17.9. The number of nitrogens with one attached hydrogen (secondary N) is 2. The van der Waals surface area contributed by atoms with Crippen molar-refractivity contribution in [3.63, 3.8) is 0 Å². The lowest BCUT2D eigenvalue weighted by atomic mass is 9.95. The molecule has 0 unspecified atom stereocenters. The lowest BCUT2D eigenvalue weighted by molar-refractivity contribution is -0.137. The van der Waals surface area contributed by atoms with Crippen LogP contribution in [0.1, 0.15) is 83.9 Å². The molecule has 11 heteroatoms. The van der Waals surface area contributed by atoms with Gasteiger partial charge < -0.3 is 30.5 Å². The van der Waals surface area contributed by atoms with Gasteiger partial charge in [0.15, 0.2) is 0 Å². The van der Waals surface area contributed by atoms with Gasteiger partial charge in [0.1, 0.15) is 11.6 Å². The molecule has 2 aliphatic rings. The van der Waals surface area contributed by atoms with E-state index in [1.807, 2.05) is 42.5 Å². The summed E-state index contributed by atoms with van der Waals surface area (Å²) in [5.74, 6) is -1.67. The second-order valence-electron chi connectivity index (χ2n) is 12.8. The van der Waals surface area contributed by atoms with Crippen LogP contribution >= 0.6 is 11.3 Å². The Bertz CT molecular complexity index is 1850. The minimum absolute atomic E-state index is 0.0955. The number of aryl methyl sites for hydroxylation is 3. The van der Waals surface area contributed by atoms with E-state index in [1.54, 1.807) is 35.2 Å². The smallest absolute Gasteiger partial charge is 0.335 e. The molecule has 3 aromatic carbocycles. The molecule has 0 spiro atoms. The number of carbonyl (C=O) groups is 4. The maximum Gasteiger partial charge on any atom is 0.335 e. The monoisotopic (exact) mass is 695 g/mol. The Hall–Kier alpha value is -4.84. The molecule has 0 saturated heterocycles. The van der Waals surface area contributed by atoms with Crippen molar-refractivity contribution in [3.05, 3.63) is 117 Å². The fraction of sp³-hybridized carbons (Fsp3) is 0.333. The molecule has 3 amide bonds. The van der Waals surface area contributed by atoms with E-state index >= 15 is 0 Å². The Morgan fingerprint density at radius 2 is 1.52 bits per heavy atom. The second-order valence-corrected chi connectivity index (χ2v) is 13.9. The van der Waals surface area contributed by atoms with Crippen LogP contribution in [0.25, 0.3) is 0 Å². The van der Waals surface area contributed by atoms with Gasteiger partial charge in [-0.3, -0.25) is 14.4 Å². The van der Waals surface area contributed by atoms with Gasteiger partial charge in [-0.15, -0.1) is 11.3 Å². The third kappa shape index (κ3) is 8.84. The molecule has 0 atom stereocenters.